The smallest absolute Gasteiger partial charge is 0.137 e. The molecule has 0 aliphatic carbocycles. The average Bonchev–Trinajstić information content (AvgIpc) is 2.54. The van der Waals surface area contributed by atoms with Gasteiger partial charge in [0.2, 0.25) is 0 Å². The Bertz CT molecular complexity index is 318. The van der Waals surface area contributed by atoms with Crippen molar-refractivity contribution in [2.75, 3.05) is 0 Å². The zero-order chi connectivity index (χ0) is 9.31. The third-order valence-corrected chi connectivity index (χ3v) is 2.74. The molecule has 1 aliphatic rings. The average molecular weight is 238 g/mol. The summed E-state index contributed by atoms with van der Waals surface area (Å²) in [7, 11) is 0. The van der Waals surface area contributed by atoms with E-state index in [1.807, 2.05) is 30.3 Å². The highest BCUT2D eigenvalue weighted by Gasteiger charge is 2.29. The van der Waals surface area contributed by atoms with E-state index < -0.39 is 5.60 Å². The molecule has 0 saturated heterocycles. The topological polar surface area (TPSA) is 9.23 Å². The number of hydrogen-bond donors (Lipinski definition) is 0. The first-order valence-corrected chi connectivity index (χ1v) is 4.94. The van der Waals surface area contributed by atoms with Crippen LogP contribution in [0.2, 0.25) is 0 Å². The van der Waals surface area contributed by atoms with Gasteiger partial charge in [0.05, 0.1) is 6.26 Å². The summed E-state index contributed by atoms with van der Waals surface area (Å²) in [6.07, 6.45) is 4.55. The van der Waals surface area contributed by atoms with Crippen LogP contribution in [0.1, 0.15) is 12.0 Å². The number of ether oxygens (including phenoxy) is 1. The van der Waals surface area contributed by atoms with Gasteiger partial charge >= 0.3 is 0 Å². The number of halogens is 1. The predicted molar refractivity (Wildman–Crippen MR) is 56.0 cm³/mol. The fourth-order valence-corrected chi connectivity index (χ4v) is 1.67. The molecule has 1 unspecified atom stereocenters. The molecule has 67 valence electrons. The first-order valence-electron chi connectivity index (χ1n) is 4.15. The number of hydrogen-bond acceptors (Lipinski definition) is 1. The Balaban J connectivity index is 2.30. The van der Waals surface area contributed by atoms with Gasteiger partial charge in [-0.15, -0.1) is 0 Å². The van der Waals surface area contributed by atoms with Gasteiger partial charge in [0.25, 0.3) is 0 Å². The second-order valence-electron chi connectivity index (χ2n) is 3.19. The third kappa shape index (κ3) is 1.63. The van der Waals surface area contributed by atoms with Crippen LogP contribution in [0.5, 0.6) is 0 Å². The minimum Gasteiger partial charge on any atom is -0.490 e. The Morgan fingerprint density at radius 3 is 2.54 bits per heavy atom. The lowest BCUT2D eigenvalue weighted by Crippen LogP contribution is -2.19. The highest BCUT2D eigenvalue weighted by atomic mass is 79.9. The predicted octanol–water partition coefficient (Wildman–Crippen LogP) is 3.41. The Morgan fingerprint density at radius 1 is 1.31 bits per heavy atom. The van der Waals surface area contributed by atoms with Gasteiger partial charge in [0, 0.05) is 10.9 Å². The summed E-state index contributed by atoms with van der Waals surface area (Å²) in [5, 5.41) is 0. The molecule has 0 fully saturated rings. The van der Waals surface area contributed by atoms with Gasteiger partial charge in [-0.25, -0.2) is 0 Å². The lowest BCUT2D eigenvalue weighted by atomic mass is 9.94. The highest BCUT2D eigenvalue weighted by molar-refractivity contribution is 9.10. The molecule has 1 heterocycles. The molecule has 0 aromatic heterocycles. The molecule has 13 heavy (non-hydrogen) atoms. The molecule has 0 amide bonds. The van der Waals surface area contributed by atoms with Gasteiger partial charge in [0.15, 0.2) is 0 Å². The minimum absolute atomic E-state index is 0.402. The van der Waals surface area contributed by atoms with Crippen molar-refractivity contribution in [3.63, 3.8) is 0 Å². The fraction of sp³-hybridized carbons (Fsp3) is 0.182. The van der Waals surface area contributed by atoms with E-state index in [1.54, 1.807) is 6.26 Å². The standard InChI is InChI=1S/C11H10BrO/c1-11(7-2-8-13-11)9-3-5-10(12)6-4-9/h2-6,8H,1,7H2. The van der Waals surface area contributed by atoms with Crippen molar-refractivity contribution in [3.8, 4) is 0 Å². The van der Waals surface area contributed by atoms with Gasteiger partial charge in [-0.05, 0) is 30.7 Å². The molecule has 1 atom stereocenters. The molecule has 1 nitrogen and oxygen atoms in total. The van der Waals surface area contributed by atoms with E-state index in [-0.39, 0.29) is 0 Å². The molecule has 0 spiro atoms. The molecule has 1 radical (unpaired) electrons. The summed E-state index contributed by atoms with van der Waals surface area (Å²) < 4.78 is 6.53. The summed E-state index contributed by atoms with van der Waals surface area (Å²) in [6.45, 7) is 4.07. The van der Waals surface area contributed by atoms with E-state index >= 15 is 0 Å². The fourth-order valence-electron chi connectivity index (χ4n) is 1.40. The van der Waals surface area contributed by atoms with Gasteiger partial charge in [-0.3, -0.25) is 0 Å². The van der Waals surface area contributed by atoms with Crippen LogP contribution < -0.4 is 0 Å². The van der Waals surface area contributed by atoms with Crippen LogP contribution in [0.4, 0.5) is 0 Å². The van der Waals surface area contributed by atoms with Crippen molar-refractivity contribution < 1.29 is 4.74 Å². The highest BCUT2D eigenvalue weighted by Crippen LogP contribution is 2.33. The van der Waals surface area contributed by atoms with Crippen molar-refractivity contribution >= 4 is 15.9 Å². The Hall–Kier alpha value is -0.760. The molecular weight excluding hydrogens is 228 g/mol. The van der Waals surface area contributed by atoms with Crippen LogP contribution >= 0.6 is 15.9 Å². The van der Waals surface area contributed by atoms with Gasteiger partial charge in [-0.2, -0.15) is 0 Å². The summed E-state index contributed by atoms with van der Waals surface area (Å²) in [5.41, 5.74) is 0.710. The molecule has 1 aliphatic heterocycles. The molecule has 0 bridgehead atoms. The normalized spacial score (nSPS) is 26.0. The SMILES string of the molecule is [CH2]C1(c2ccc(Br)cc2)CC=CO1. The van der Waals surface area contributed by atoms with Gasteiger partial charge in [-0.1, -0.05) is 28.1 Å². The Kier molecular flexibility index (Phi) is 2.16. The lowest BCUT2D eigenvalue weighted by molar-refractivity contribution is 0.0884. The van der Waals surface area contributed by atoms with Crippen molar-refractivity contribution in [3.05, 3.63) is 53.6 Å². The lowest BCUT2D eigenvalue weighted by Gasteiger charge is -2.23. The van der Waals surface area contributed by atoms with Crippen molar-refractivity contribution in [1.29, 1.82) is 0 Å². The monoisotopic (exact) mass is 237 g/mol. The maximum absolute atomic E-state index is 5.46. The molecule has 2 heteroatoms. The molecule has 1 aromatic carbocycles. The van der Waals surface area contributed by atoms with Crippen LogP contribution in [0.25, 0.3) is 0 Å². The number of benzene rings is 1. The second-order valence-corrected chi connectivity index (χ2v) is 4.11. The maximum atomic E-state index is 5.46. The third-order valence-electron chi connectivity index (χ3n) is 2.21. The summed E-state index contributed by atoms with van der Waals surface area (Å²) in [4.78, 5) is 0. The van der Waals surface area contributed by atoms with Crippen LogP contribution in [-0.2, 0) is 10.3 Å². The van der Waals surface area contributed by atoms with E-state index in [2.05, 4.69) is 22.9 Å². The van der Waals surface area contributed by atoms with Crippen molar-refractivity contribution in [2.45, 2.75) is 12.0 Å². The van der Waals surface area contributed by atoms with E-state index in [1.165, 1.54) is 0 Å². The van der Waals surface area contributed by atoms with E-state index in [9.17, 15) is 0 Å². The van der Waals surface area contributed by atoms with Crippen molar-refractivity contribution in [2.24, 2.45) is 0 Å². The van der Waals surface area contributed by atoms with E-state index in [0.29, 0.717) is 0 Å². The second kappa shape index (κ2) is 3.18. The largest absolute Gasteiger partial charge is 0.490 e. The van der Waals surface area contributed by atoms with E-state index in [4.69, 9.17) is 4.74 Å². The maximum Gasteiger partial charge on any atom is 0.137 e. The Morgan fingerprint density at radius 2 is 2.00 bits per heavy atom. The zero-order valence-electron chi connectivity index (χ0n) is 7.16. The summed E-state index contributed by atoms with van der Waals surface area (Å²) in [6, 6.07) is 8.07. The van der Waals surface area contributed by atoms with Crippen LogP contribution in [-0.4, -0.2) is 0 Å². The van der Waals surface area contributed by atoms with Crippen molar-refractivity contribution in [1.82, 2.24) is 0 Å². The summed E-state index contributed by atoms with van der Waals surface area (Å²) >= 11 is 3.39. The first-order chi connectivity index (χ1) is 6.21. The first kappa shape index (κ1) is 8.82. The summed E-state index contributed by atoms with van der Waals surface area (Å²) in [5.74, 6) is 0. The molecule has 0 N–H and O–H groups in total. The van der Waals surface area contributed by atoms with Gasteiger partial charge in [0.1, 0.15) is 5.60 Å². The molecule has 2 rings (SSSR count). The van der Waals surface area contributed by atoms with Gasteiger partial charge < -0.3 is 4.74 Å². The molecule has 0 saturated carbocycles. The zero-order valence-corrected chi connectivity index (χ0v) is 8.75. The molecular formula is C11H10BrO. The minimum atomic E-state index is -0.402. The molecule has 1 aromatic rings. The Labute approximate surface area is 86.5 Å². The number of rotatable bonds is 1. The van der Waals surface area contributed by atoms with E-state index in [0.717, 1.165) is 16.5 Å². The van der Waals surface area contributed by atoms with Crippen LogP contribution in [0.3, 0.4) is 0 Å². The quantitative estimate of drug-likeness (QED) is 0.728. The van der Waals surface area contributed by atoms with Crippen LogP contribution in [0.15, 0.2) is 41.1 Å². The van der Waals surface area contributed by atoms with Crippen LogP contribution in [0, 0.1) is 6.92 Å².